The smallest absolute Gasteiger partial charge is 0.497 e. The van der Waals surface area contributed by atoms with E-state index in [1.54, 1.807) is 24.3 Å². The van der Waals surface area contributed by atoms with Crippen LogP contribution in [0.15, 0.2) is 97.1 Å². The molecule has 0 aliphatic carbocycles. The molecule has 0 radical (unpaired) electrons. The molecule has 17 heteroatoms. The highest BCUT2D eigenvalue weighted by Crippen LogP contribution is 2.56. The van der Waals surface area contributed by atoms with Gasteiger partial charge < -0.3 is 32.8 Å². The molecule has 324 valence electrons. The number of hydrogen-bond acceptors (Lipinski definition) is 9. The van der Waals surface area contributed by atoms with E-state index in [9.17, 15) is 40.7 Å². The van der Waals surface area contributed by atoms with Crippen molar-refractivity contribution >= 4 is 26.7 Å². The quantitative estimate of drug-likeness (QED) is 0.0246. The van der Waals surface area contributed by atoms with Crippen molar-refractivity contribution in [3.8, 4) is 11.5 Å². The molecule has 0 saturated carbocycles. The minimum absolute atomic E-state index is 0.0571. The lowest BCUT2D eigenvalue weighted by molar-refractivity contribution is -0.288. The van der Waals surface area contributed by atoms with Gasteiger partial charge in [0.05, 0.1) is 19.3 Å². The van der Waals surface area contributed by atoms with Crippen LogP contribution >= 0.6 is 0 Å². The number of halogens is 6. The van der Waals surface area contributed by atoms with Crippen LogP contribution in [0.5, 0.6) is 11.5 Å². The maximum atomic E-state index is 14.6. The first-order valence-corrected chi connectivity index (χ1v) is 20.6. The van der Waals surface area contributed by atoms with E-state index in [0.717, 1.165) is 35.4 Å². The van der Waals surface area contributed by atoms with Gasteiger partial charge in [-0.2, -0.15) is 26.3 Å². The third-order valence-electron chi connectivity index (χ3n) is 10.5. The van der Waals surface area contributed by atoms with E-state index < -0.39 is 55.2 Å². The van der Waals surface area contributed by atoms with Gasteiger partial charge in [0, 0.05) is 44.9 Å². The first-order chi connectivity index (χ1) is 28.3. The summed E-state index contributed by atoms with van der Waals surface area (Å²) in [5.74, 6) is -1.00. The molecule has 0 fully saturated rings. The number of ether oxygens (including phenoxy) is 3. The number of benzene rings is 4. The van der Waals surface area contributed by atoms with Gasteiger partial charge in [-0.05, 0) is 84.8 Å². The molecular weight excluding hydrogens is 817 g/mol. The van der Waals surface area contributed by atoms with Crippen molar-refractivity contribution < 1.29 is 68.2 Å². The van der Waals surface area contributed by atoms with Crippen LogP contribution in [0.3, 0.4) is 0 Å². The van der Waals surface area contributed by atoms with E-state index >= 15 is 0 Å². The van der Waals surface area contributed by atoms with Gasteiger partial charge >= 0.3 is 33.2 Å². The van der Waals surface area contributed by atoms with Crippen LogP contribution in [-0.2, 0) is 28.8 Å². The molecule has 0 bridgehead atoms. The number of methoxy groups -OCH3 is 1. The first-order valence-electron chi connectivity index (χ1n) is 18.7. The fourth-order valence-electron chi connectivity index (χ4n) is 6.96. The Morgan fingerprint density at radius 3 is 1.53 bits per heavy atom. The summed E-state index contributed by atoms with van der Waals surface area (Å²) in [4.78, 5) is 37.5. The van der Waals surface area contributed by atoms with Crippen molar-refractivity contribution in [2.45, 2.75) is 62.3 Å². The molecule has 0 spiro atoms. The zero-order valence-electron chi connectivity index (χ0n) is 33.9. The lowest BCUT2D eigenvalue weighted by Gasteiger charge is -2.38. The number of alkyl carbamates (subject to hydrolysis) is 1. The number of Topliss-reactive ketones (excluding diaryl/α,β-unsaturated/α-hetero) is 1. The van der Waals surface area contributed by atoms with Crippen LogP contribution in [0.2, 0.25) is 6.04 Å². The molecule has 4 rings (SSSR count). The predicted molar refractivity (Wildman–Crippen MR) is 211 cm³/mol. The maximum absolute atomic E-state index is 14.6. The molecule has 4 aromatic rings. The summed E-state index contributed by atoms with van der Waals surface area (Å²) in [6, 6.07) is 20.3. The SMILES string of the molecule is COc1ccc(C(c2ccc(C(=O)Oc3ccc(C(C)(CCCOC(=O)NCCC[Si](OC)(OC)OC)c4ccc(C(C)=O)cc4)cc3)cc2)(C(F)(F)F)C(F)(F)F)cc1. The average molecular weight is 864 g/mol. The number of carbonyl (C=O) groups excluding carboxylic acids is 3. The number of hydrogen-bond donors (Lipinski definition) is 1. The van der Waals surface area contributed by atoms with Crippen molar-refractivity contribution in [1.82, 2.24) is 5.32 Å². The lowest BCUT2D eigenvalue weighted by atomic mass is 9.72. The van der Waals surface area contributed by atoms with E-state index in [2.05, 4.69) is 5.32 Å². The van der Waals surface area contributed by atoms with Crippen LogP contribution in [0, 0.1) is 0 Å². The molecule has 0 saturated heterocycles. The summed E-state index contributed by atoms with van der Waals surface area (Å²) in [7, 11) is 2.97. The van der Waals surface area contributed by atoms with E-state index in [1.807, 2.05) is 19.1 Å². The van der Waals surface area contributed by atoms with Crippen molar-refractivity contribution in [2.75, 3.05) is 41.6 Å². The van der Waals surface area contributed by atoms with Gasteiger partial charge in [0.2, 0.25) is 5.41 Å². The highest BCUT2D eigenvalue weighted by Gasteiger charge is 2.72. The zero-order chi connectivity index (χ0) is 44.4. The Kier molecular flexibility index (Phi) is 15.7. The van der Waals surface area contributed by atoms with E-state index in [0.29, 0.717) is 61.7 Å². The molecule has 4 aromatic carbocycles. The third-order valence-corrected chi connectivity index (χ3v) is 13.3. The van der Waals surface area contributed by atoms with Gasteiger partial charge in [0.1, 0.15) is 11.5 Å². The number of carbonyl (C=O) groups is 3. The summed E-state index contributed by atoms with van der Waals surface area (Å²) in [6.07, 6.45) is -10.8. The average Bonchev–Trinajstić information content (AvgIpc) is 3.22. The Labute approximate surface area is 345 Å². The Bertz CT molecular complexity index is 2020. The number of amides is 1. The number of ketones is 1. The standard InChI is InChI=1S/C43H47F6NO9Si/c1-29(51)30-9-13-32(14-10-30)40(2,25-7-27-58-39(53)50-26-8-28-60(55-4,56-5)57-6)33-17-23-37(24-18-33)59-38(52)31-11-15-34(16-12-31)41(42(44,45)46,43(47,48)49)35-19-21-36(54-3)22-20-35/h9-24H,7-8,25-28H2,1-6H3,(H,50,53). The van der Waals surface area contributed by atoms with Crippen LogP contribution in [-0.4, -0.2) is 80.6 Å². The molecule has 1 atom stereocenters. The highest BCUT2D eigenvalue weighted by atomic mass is 28.4. The summed E-state index contributed by atoms with van der Waals surface area (Å²) in [6.45, 7) is 3.82. The Morgan fingerprint density at radius 1 is 0.617 bits per heavy atom. The highest BCUT2D eigenvalue weighted by molar-refractivity contribution is 6.60. The predicted octanol–water partition coefficient (Wildman–Crippen LogP) is 9.61. The van der Waals surface area contributed by atoms with E-state index in [-0.39, 0.29) is 29.5 Å². The third kappa shape index (κ3) is 10.6. The Morgan fingerprint density at radius 2 is 1.07 bits per heavy atom. The summed E-state index contributed by atoms with van der Waals surface area (Å²) in [5.41, 5.74) is -5.49. The van der Waals surface area contributed by atoms with Crippen molar-refractivity contribution in [1.29, 1.82) is 0 Å². The molecule has 1 unspecified atom stereocenters. The van der Waals surface area contributed by atoms with Crippen molar-refractivity contribution in [2.24, 2.45) is 0 Å². The number of esters is 1. The number of nitrogens with one attached hydrogen (secondary N) is 1. The van der Waals surface area contributed by atoms with E-state index in [4.69, 9.17) is 27.5 Å². The van der Waals surface area contributed by atoms with Gasteiger partial charge in [-0.3, -0.25) is 4.79 Å². The zero-order valence-corrected chi connectivity index (χ0v) is 34.9. The van der Waals surface area contributed by atoms with Gasteiger partial charge in [-0.25, -0.2) is 9.59 Å². The molecule has 60 heavy (non-hydrogen) atoms. The van der Waals surface area contributed by atoms with Gasteiger partial charge in [0.15, 0.2) is 5.78 Å². The van der Waals surface area contributed by atoms with Gasteiger partial charge in [-0.15, -0.1) is 0 Å². The second-order valence-electron chi connectivity index (χ2n) is 14.0. The van der Waals surface area contributed by atoms with Gasteiger partial charge in [-0.1, -0.05) is 67.6 Å². The molecule has 1 amide bonds. The topological polar surface area (TPSA) is 119 Å². The minimum atomic E-state index is -5.81. The molecule has 0 aliphatic heterocycles. The van der Waals surface area contributed by atoms with Crippen molar-refractivity contribution in [3.63, 3.8) is 0 Å². The number of rotatable bonds is 19. The summed E-state index contributed by atoms with van der Waals surface area (Å²) < 4.78 is 119. The molecule has 10 nitrogen and oxygen atoms in total. The fourth-order valence-corrected chi connectivity index (χ4v) is 8.68. The fraction of sp³-hybridized carbons (Fsp3) is 0.372. The normalized spacial score (nSPS) is 13.3. The first kappa shape index (κ1) is 47.4. The van der Waals surface area contributed by atoms with Crippen molar-refractivity contribution in [3.05, 3.63) is 130 Å². The van der Waals surface area contributed by atoms with Crippen LogP contribution in [0.1, 0.15) is 76.1 Å². The lowest BCUT2D eigenvalue weighted by Crippen LogP contribution is -2.54. The van der Waals surface area contributed by atoms with Crippen LogP contribution in [0.25, 0.3) is 0 Å². The molecular formula is C43H47F6NO9Si. The minimum Gasteiger partial charge on any atom is -0.497 e. The summed E-state index contributed by atoms with van der Waals surface area (Å²) >= 11 is 0. The van der Waals surface area contributed by atoms with Crippen LogP contribution in [0.4, 0.5) is 31.1 Å². The Hall–Kier alpha value is -5.23. The van der Waals surface area contributed by atoms with Gasteiger partial charge in [0.25, 0.3) is 0 Å². The molecule has 1 N–H and O–H groups in total. The second kappa shape index (κ2) is 19.9. The molecule has 0 heterocycles. The number of alkyl halides is 6. The molecule has 0 aromatic heterocycles. The monoisotopic (exact) mass is 863 g/mol. The summed E-state index contributed by atoms with van der Waals surface area (Å²) in [5, 5.41) is 2.70. The largest absolute Gasteiger partial charge is 0.500 e. The Balaban J connectivity index is 1.49. The molecule has 0 aliphatic rings. The second-order valence-corrected chi connectivity index (χ2v) is 17.1. The maximum Gasteiger partial charge on any atom is 0.500 e. The van der Waals surface area contributed by atoms with E-state index in [1.165, 1.54) is 47.5 Å². The van der Waals surface area contributed by atoms with Crippen LogP contribution < -0.4 is 14.8 Å².